The number of amides is 1. The van der Waals surface area contributed by atoms with Crippen molar-refractivity contribution < 1.29 is 19.1 Å². The summed E-state index contributed by atoms with van der Waals surface area (Å²) in [5.74, 6) is -0.323. The van der Waals surface area contributed by atoms with Gasteiger partial charge in [-0.05, 0) is 38.0 Å². The molecule has 1 aromatic carbocycles. The molecule has 2 rings (SSSR count). The first-order valence-electron chi connectivity index (χ1n) is 8.37. The van der Waals surface area contributed by atoms with Crippen molar-refractivity contribution in [3.8, 4) is 5.75 Å². The second-order valence-electron chi connectivity index (χ2n) is 5.89. The van der Waals surface area contributed by atoms with Crippen molar-refractivity contribution in [3.63, 3.8) is 0 Å². The molecule has 0 aliphatic heterocycles. The number of rotatable bonds is 6. The third-order valence-electron chi connectivity index (χ3n) is 4.38. The highest BCUT2D eigenvalue weighted by molar-refractivity contribution is 6.30. The fourth-order valence-corrected chi connectivity index (χ4v) is 3.31. The maximum absolute atomic E-state index is 12.5. The molecule has 0 unspecified atom stereocenters. The molecule has 1 aromatic rings. The van der Waals surface area contributed by atoms with Gasteiger partial charge in [-0.3, -0.25) is 4.79 Å². The number of ether oxygens (including phenoxy) is 2. The molecule has 132 valence electrons. The van der Waals surface area contributed by atoms with Crippen LogP contribution in [0.5, 0.6) is 5.75 Å². The fourth-order valence-electron chi connectivity index (χ4n) is 3.15. The van der Waals surface area contributed by atoms with Crippen LogP contribution >= 0.6 is 11.6 Å². The Balaban J connectivity index is 2.04. The van der Waals surface area contributed by atoms with Crippen molar-refractivity contribution in [2.75, 3.05) is 20.3 Å². The van der Waals surface area contributed by atoms with Crippen molar-refractivity contribution in [2.24, 2.45) is 0 Å². The van der Waals surface area contributed by atoms with Gasteiger partial charge >= 0.3 is 5.97 Å². The average molecular weight is 354 g/mol. The van der Waals surface area contributed by atoms with E-state index >= 15 is 0 Å². The minimum Gasteiger partial charge on any atom is -0.483 e. The summed E-state index contributed by atoms with van der Waals surface area (Å²) in [7, 11) is 1.30. The lowest BCUT2D eigenvalue weighted by molar-refractivity contribution is -0.136. The first kappa shape index (κ1) is 18.6. The number of benzene rings is 1. The molecule has 0 radical (unpaired) electrons. The number of hydrogen-bond donors (Lipinski definition) is 0. The van der Waals surface area contributed by atoms with Gasteiger partial charge in [0.05, 0.1) is 7.11 Å². The van der Waals surface area contributed by atoms with Crippen LogP contribution in [0.3, 0.4) is 0 Å². The van der Waals surface area contributed by atoms with Crippen LogP contribution in [-0.2, 0) is 9.53 Å². The van der Waals surface area contributed by atoms with Gasteiger partial charge in [-0.25, -0.2) is 4.79 Å². The van der Waals surface area contributed by atoms with E-state index < -0.39 is 5.97 Å². The number of carbonyl (C=O) groups excluding carboxylic acids is 2. The Hall–Kier alpha value is -1.75. The van der Waals surface area contributed by atoms with Gasteiger partial charge in [0.15, 0.2) is 6.61 Å². The van der Waals surface area contributed by atoms with Gasteiger partial charge in [0, 0.05) is 17.6 Å². The van der Waals surface area contributed by atoms with Crippen molar-refractivity contribution in [3.05, 3.63) is 28.8 Å². The van der Waals surface area contributed by atoms with Gasteiger partial charge < -0.3 is 14.4 Å². The van der Waals surface area contributed by atoms with Crippen LogP contribution in [0.2, 0.25) is 5.02 Å². The van der Waals surface area contributed by atoms with E-state index in [4.69, 9.17) is 21.1 Å². The summed E-state index contributed by atoms with van der Waals surface area (Å²) in [6.45, 7) is 2.52. The molecule has 0 saturated heterocycles. The van der Waals surface area contributed by atoms with Gasteiger partial charge in [0.25, 0.3) is 5.91 Å². The van der Waals surface area contributed by atoms with Crippen LogP contribution in [0.1, 0.15) is 49.4 Å². The van der Waals surface area contributed by atoms with E-state index in [0.717, 1.165) is 25.7 Å². The largest absolute Gasteiger partial charge is 0.483 e. The van der Waals surface area contributed by atoms with Gasteiger partial charge in [-0.1, -0.05) is 30.9 Å². The van der Waals surface area contributed by atoms with Crippen LogP contribution in [0.25, 0.3) is 0 Å². The van der Waals surface area contributed by atoms with E-state index in [1.807, 2.05) is 11.8 Å². The Morgan fingerprint density at radius 2 is 1.96 bits per heavy atom. The zero-order valence-electron chi connectivity index (χ0n) is 14.2. The minimum atomic E-state index is -0.520. The summed E-state index contributed by atoms with van der Waals surface area (Å²) in [6.07, 6.45) is 5.66. The standard InChI is InChI=1S/C18H24ClNO4/c1-3-20(14-7-5-4-6-8-14)17(21)12-24-16-11-13(19)9-10-15(16)18(22)23-2/h9-11,14H,3-8,12H2,1-2H3. The summed E-state index contributed by atoms with van der Waals surface area (Å²) >= 11 is 5.96. The molecule has 1 amide bonds. The molecule has 1 aliphatic rings. The molecule has 0 N–H and O–H groups in total. The zero-order valence-corrected chi connectivity index (χ0v) is 15.0. The predicted octanol–water partition coefficient (Wildman–Crippen LogP) is 3.69. The molecule has 0 spiro atoms. The number of esters is 1. The molecule has 24 heavy (non-hydrogen) atoms. The molecule has 0 bridgehead atoms. The molecule has 0 atom stereocenters. The topological polar surface area (TPSA) is 55.8 Å². The highest BCUT2D eigenvalue weighted by Gasteiger charge is 2.25. The Morgan fingerprint density at radius 1 is 1.25 bits per heavy atom. The third-order valence-corrected chi connectivity index (χ3v) is 4.61. The number of likely N-dealkylation sites (N-methyl/N-ethyl adjacent to an activating group) is 1. The molecule has 1 saturated carbocycles. The first-order valence-corrected chi connectivity index (χ1v) is 8.74. The van der Waals surface area contributed by atoms with Crippen LogP contribution in [0, 0.1) is 0 Å². The zero-order chi connectivity index (χ0) is 17.5. The van der Waals surface area contributed by atoms with Crippen molar-refractivity contribution in [1.82, 2.24) is 4.90 Å². The summed E-state index contributed by atoms with van der Waals surface area (Å²) in [5.41, 5.74) is 0.260. The SMILES string of the molecule is CCN(C(=O)COc1cc(Cl)ccc1C(=O)OC)C1CCCCC1. The monoisotopic (exact) mass is 353 g/mol. The lowest BCUT2D eigenvalue weighted by atomic mass is 9.94. The average Bonchev–Trinajstić information content (AvgIpc) is 2.61. The minimum absolute atomic E-state index is 0.0693. The van der Waals surface area contributed by atoms with E-state index in [9.17, 15) is 9.59 Å². The number of halogens is 1. The van der Waals surface area contributed by atoms with Crippen LogP contribution in [-0.4, -0.2) is 43.1 Å². The van der Waals surface area contributed by atoms with Crippen LogP contribution < -0.4 is 4.74 Å². The number of hydrogen-bond acceptors (Lipinski definition) is 4. The van der Waals surface area contributed by atoms with E-state index in [2.05, 4.69) is 0 Å². The second-order valence-corrected chi connectivity index (χ2v) is 6.33. The summed E-state index contributed by atoms with van der Waals surface area (Å²) in [6, 6.07) is 4.94. The fraction of sp³-hybridized carbons (Fsp3) is 0.556. The maximum Gasteiger partial charge on any atom is 0.341 e. The summed E-state index contributed by atoms with van der Waals surface area (Å²) < 4.78 is 10.3. The normalized spacial score (nSPS) is 15.0. The quantitative estimate of drug-likeness (QED) is 0.732. The van der Waals surface area contributed by atoms with Crippen molar-refractivity contribution in [1.29, 1.82) is 0 Å². The molecule has 1 fully saturated rings. The number of nitrogens with zero attached hydrogens (tertiary/aromatic N) is 1. The Kier molecular flexibility index (Phi) is 6.91. The molecular weight excluding hydrogens is 330 g/mol. The lowest BCUT2D eigenvalue weighted by Gasteiger charge is -2.33. The Labute approximate surface area is 147 Å². The Bertz CT molecular complexity index is 584. The predicted molar refractivity (Wildman–Crippen MR) is 92.5 cm³/mol. The second kappa shape index (κ2) is 8.92. The molecule has 1 aliphatic carbocycles. The number of methoxy groups -OCH3 is 1. The van der Waals surface area contributed by atoms with Crippen LogP contribution in [0.15, 0.2) is 18.2 Å². The molecule has 0 aromatic heterocycles. The van der Waals surface area contributed by atoms with Crippen LogP contribution in [0.4, 0.5) is 0 Å². The molecule has 0 heterocycles. The van der Waals surface area contributed by atoms with Gasteiger partial charge in [0.2, 0.25) is 0 Å². The summed E-state index contributed by atoms with van der Waals surface area (Å²) in [4.78, 5) is 26.2. The molecule has 5 nitrogen and oxygen atoms in total. The van der Waals surface area contributed by atoms with E-state index in [1.54, 1.807) is 6.07 Å². The van der Waals surface area contributed by atoms with E-state index in [0.29, 0.717) is 17.6 Å². The molecule has 6 heteroatoms. The first-order chi connectivity index (χ1) is 11.6. The van der Waals surface area contributed by atoms with Crippen molar-refractivity contribution >= 4 is 23.5 Å². The smallest absolute Gasteiger partial charge is 0.341 e. The van der Waals surface area contributed by atoms with Gasteiger partial charge in [-0.15, -0.1) is 0 Å². The van der Waals surface area contributed by atoms with E-state index in [-0.39, 0.29) is 23.8 Å². The highest BCUT2D eigenvalue weighted by Crippen LogP contribution is 2.25. The maximum atomic E-state index is 12.5. The lowest BCUT2D eigenvalue weighted by Crippen LogP contribution is -2.43. The summed E-state index contributed by atoms with van der Waals surface area (Å²) in [5, 5.41) is 0.435. The number of carbonyl (C=O) groups is 2. The Morgan fingerprint density at radius 3 is 2.58 bits per heavy atom. The molecular formula is C18H24ClNO4. The highest BCUT2D eigenvalue weighted by atomic mass is 35.5. The van der Waals surface area contributed by atoms with E-state index in [1.165, 1.54) is 25.7 Å². The van der Waals surface area contributed by atoms with Crippen molar-refractivity contribution in [2.45, 2.75) is 45.1 Å². The van der Waals surface area contributed by atoms with Gasteiger partial charge in [0.1, 0.15) is 11.3 Å². The third kappa shape index (κ3) is 4.63. The van der Waals surface area contributed by atoms with Gasteiger partial charge in [-0.2, -0.15) is 0 Å².